The lowest BCUT2D eigenvalue weighted by Gasteiger charge is -2.34. The van der Waals surface area contributed by atoms with E-state index >= 15 is 0 Å². The lowest BCUT2D eigenvalue weighted by atomic mass is 9.80. The lowest BCUT2D eigenvalue weighted by molar-refractivity contribution is 0.0546. The van der Waals surface area contributed by atoms with Gasteiger partial charge in [-0.25, -0.2) is 9.97 Å². The molecule has 4 rings (SSSR count). The SMILES string of the molecule is Cc1nc(NCc2ccco2)nc2c1COC[C@]21CCNC1. The molecule has 1 fully saturated rings. The Morgan fingerprint density at radius 2 is 2.36 bits per heavy atom. The van der Waals surface area contributed by atoms with Crippen molar-refractivity contribution in [3.63, 3.8) is 0 Å². The third kappa shape index (κ3) is 2.28. The van der Waals surface area contributed by atoms with E-state index in [2.05, 4.69) is 15.6 Å². The number of fused-ring (bicyclic) bond motifs is 2. The predicted octanol–water partition coefficient (Wildman–Crippen LogP) is 1.75. The Kier molecular flexibility index (Phi) is 3.35. The molecule has 2 aromatic rings. The van der Waals surface area contributed by atoms with Gasteiger partial charge in [0.15, 0.2) is 0 Å². The van der Waals surface area contributed by atoms with Gasteiger partial charge in [0, 0.05) is 17.8 Å². The third-order valence-electron chi connectivity index (χ3n) is 4.59. The first kappa shape index (κ1) is 13.7. The standard InChI is InChI=1S/C16H20N4O2/c1-11-13-8-21-10-16(4-5-17-9-16)14(13)20-15(19-11)18-7-12-3-2-6-22-12/h2-3,6,17H,4-5,7-10H2,1H3,(H,18,19,20)/t16-/m1/s1. The molecule has 2 N–H and O–H groups in total. The Hall–Kier alpha value is -1.92. The van der Waals surface area contributed by atoms with E-state index in [0.717, 1.165) is 48.8 Å². The number of nitrogens with zero attached hydrogens (tertiary/aromatic N) is 2. The van der Waals surface area contributed by atoms with Gasteiger partial charge in [-0.15, -0.1) is 0 Å². The van der Waals surface area contributed by atoms with Crippen LogP contribution in [-0.2, 0) is 23.3 Å². The molecular weight excluding hydrogens is 280 g/mol. The van der Waals surface area contributed by atoms with Crippen LogP contribution in [-0.4, -0.2) is 29.7 Å². The Balaban J connectivity index is 1.65. The maximum absolute atomic E-state index is 5.82. The second kappa shape index (κ2) is 5.37. The fourth-order valence-corrected chi connectivity index (χ4v) is 3.35. The molecule has 0 saturated carbocycles. The minimum absolute atomic E-state index is 0.00238. The number of aryl methyl sites for hydroxylation is 1. The van der Waals surface area contributed by atoms with Crippen LogP contribution in [0.5, 0.6) is 0 Å². The zero-order valence-electron chi connectivity index (χ0n) is 12.7. The molecule has 22 heavy (non-hydrogen) atoms. The van der Waals surface area contributed by atoms with E-state index in [0.29, 0.717) is 19.1 Å². The molecular formula is C16H20N4O2. The van der Waals surface area contributed by atoms with Crippen LogP contribution in [0.2, 0.25) is 0 Å². The summed E-state index contributed by atoms with van der Waals surface area (Å²) in [7, 11) is 0. The van der Waals surface area contributed by atoms with Gasteiger partial charge in [-0.3, -0.25) is 0 Å². The highest BCUT2D eigenvalue weighted by Gasteiger charge is 2.42. The van der Waals surface area contributed by atoms with Crippen LogP contribution in [0.15, 0.2) is 22.8 Å². The first-order chi connectivity index (χ1) is 10.8. The molecule has 6 nitrogen and oxygen atoms in total. The molecule has 1 spiro atoms. The molecule has 0 radical (unpaired) electrons. The summed E-state index contributed by atoms with van der Waals surface area (Å²) in [5, 5.41) is 6.71. The van der Waals surface area contributed by atoms with Gasteiger partial charge in [-0.05, 0) is 32.0 Å². The number of furan rings is 1. The van der Waals surface area contributed by atoms with Gasteiger partial charge >= 0.3 is 0 Å². The molecule has 0 bridgehead atoms. The minimum Gasteiger partial charge on any atom is -0.467 e. The van der Waals surface area contributed by atoms with Crippen molar-refractivity contribution in [3.8, 4) is 0 Å². The van der Waals surface area contributed by atoms with Crippen molar-refractivity contribution >= 4 is 5.95 Å². The summed E-state index contributed by atoms with van der Waals surface area (Å²) in [6.45, 7) is 5.91. The van der Waals surface area contributed by atoms with Crippen molar-refractivity contribution in [1.82, 2.24) is 15.3 Å². The molecule has 0 amide bonds. The minimum atomic E-state index is 0.00238. The number of anilines is 1. The van der Waals surface area contributed by atoms with Gasteiger partial charge in [-0.2, -0.15) is 0 Å². The zero-order chi connectivity index (χ0) is 15.0. The van der Waals surface area contributed by atoms with Gasteiger partial charge in [0.1, 0.15) is 5.76 Å². The second-order valence-corrected chi connectivity index (χ2v) is 6.09. The number of hydrogen-bond acceptors (Lipinski definition) is 6. The van der Waals surface area contributed by atoms with Crippen molar-refractivity contribution in [3.05, 3.63) is 41.1 Å². The van der Waals surface area contributed by atoms with Gasteiger partial charge in [0.25, 0.3) is 0 Å². The van der Waals surface area contributed by atoms with Crippen LogP contribution in [0.3, 0.4) is 0 Å². The molecule has 116 valence electrons. The smallest absolute Gasteiger partial charge is 0.223 e. The molecule has 0 aliphatic carbocycles. The molecule has 2 aliphatic heterocycles. The number of aromatic nitrogens is 2. The van der Waals surface area contributed by atoms with Gasteiger partial charge < -0.3 is 19.8 Å². The summed E-state index contributed by atoms with van der Waals surface area (Å²) >= 11 is 0. The van der Waals surface area contributed by atoms with Crippen molar-refractivity contribution in [1.29, 1.82) is 0 Å². The quantitative estimate of drug-likeness (QED) is 0.900. The van der Waals surface area contributed by atoms with E-state index in [1.54, 1.807) is 6.26 Å². The summed E-state index contributed by atoms with van der Waals surface area (Å²) < 4.78 is 11.2. The largest absolute Gasteiger partial charge is 0.467 e. The number of hydrogen-bond donors (Lipinski definition) is 2. The van der Waals surface area contributed by atoms with E-state index in [4.69, 9.17) is 14.1 Å². The third-order valence-corrected chi connectivity index (χ3v) is 4.59. The first-order valence-corrected chi connectivity index (χ1v) is 7.70. The predicted molar refractivity (Wildman–Crippen MR) is 81.6 cm³/mol. The molecule has 4 heterocycles. The van der Waals surface area contributed by atoms with Crippen molar-refractivity contribution < 1.29 is 9.15 Å². The summed E-state index contributed by atoms with van der Waals surface area (Å²) in [5.41, 5.74) is 3.30. The van der Waals surface area contributed by atoms with Crippen molar-refractivity contribution in [2.75, 3.05) is 25.0 Å². The van der Waals surface area contributed by atoms with E-state index in [-0.39, 0.29) is 5.41 Å². The maximum atomic E-state index is 5.82. The molecule has 0 unspecified atom stereocenters. The van der Waals surface area contributed by atoms with Crippen LogP contribution in [0.25, 0.3) is 0 Å². The van der Waals surface area contributed by atoms with E-state index in [9.17, 15) is 0 Å². The van der Waals surface area contributed by atoms with Crippen LogP contribution >= 0.6 is 0 Å². The van der Waals surface area contributed by atoms with Crippen LogP contribution in [0, 0.1) is 6.92 Å². The maximum Gasteiger partial charge on any atom is 0.223 e. The molecule has 0 aromatic carbocycles. The first-order valence-electron chi connectivity index (χ1n) is 7.70. The average Bonchev–Trinajstić information content (AvgIpc) is 3.19. The number of ether oxygens (including phenoxy) is 1. The monoisotopic (exact) mass is 300 g/mol. The number of rotatable bonds is 3. The van der Waals surface area contributed by atoms with Crippen LogP contribution in [0.4, 0.5) is 5.95 Å². The Labute approximate surface area is 129 Å². The highest BCUT2D eigenvalue weighted by Crippen LogP contribution is 2.37. The molecule has 2 aliphatic rings. The summed E-state index contributed by atoms with van der Waals surface area (Å²) in [6, 6.07) is 3.82. The Morgan fingerprint density at radius 3 is 3.14 bits per heavy atom. The molecule has 1 atom stereocenters. The van der Waals surface area contributed by atoms with Crippen LogP contribution < -0.4 is 10.6 Å². The number of nitrogens with one attached hydrogen (secondary N) is 2. The van der Waals surface area contributed by atoms with Gasteiger partial charge in [0.2, 0.25) is 5.95 Å². The van der Waals surface area contributed by atoms with Crippen molar-refractivity contribution in [2.24, 2.45) is 0 Å². The Bertz CT molecular complexity index is 663. The van der Waals surface area contributed by atoms with E-state index < -0.39 is 0 Å². The molecule has 1 saturated heterocycles. The topological polar surface area (TPSA) is 72.2 Å². The summed E-state index contributed by atoms with van der Waals surface area (Å²) in [4.78, 5) is 9.40. The summed E-state index contributed by atoms with van der Waals surface area (Å²) in [5.74, 6) is 1.54. The Morgan fingerprint density at radius 1 is 1.41 bits per heavy atom. The van der Waals surface area contributed by atoms with Crippen molar-refractivity contribution in [2.45, 2.75) is 31.9 Å². The van der Waals surface area contributed by atoms with Gasteiger partial charge in [-0.1, -0.05) is 0 Å². The second-order valence-electron chi connectivity index (χ2n) is 6.09. The zero-order valence-corrected chi connectivity index (χ0v) is 12.7. The average molecular weight is 300 g/mol. The van der Waals surface area contributed by atoms with Gasteiger partial charge in [0.05, 0.1) is 37.1 Å². The summed E-state index contributed by atoms with van der Waals surface area (Å²) in [6.07, 6.45) is 2.74. The fraction of sp³-hybridized carbons (Fsp3) is 0.500. The fourth-order valence-electron chi connectivity index (χ4n) is 3.35. The lowest BCUT2D eigenvalue weighted by Crippen LogP contribution is -2.40. The molecule has 2 aromatic heterocycles. The highest BCUT2D eigenvalue weighted by molar-refractivity contribution is 5.40. The van der Waals surface area contributed by atoms with Crippen LogP contribution in [0.1, 0.15) is 29.1 Å². The van der Waals surface area contributed by atoms with E-state index in [1.165, 1.54) is 0 Å². The normalized spacial score (nSPS) is 23.7. The molecule has 6 heteroatoms. The van der Waals surface area contributed by atoms with E-state index in [1.807, 2.05) is 19.1 Å². The highest BCUT2D eigenvalue weighted by atomic mass is 16.5.